The number of aromatic nitrogens is 5. The molecule has 0 unspecified atom stereocenters. The van der Waals surface area contributed by atoms with Gasteiger partial charge in [-0.3, -0.25) is 19.6 Å². The van der Waals surface area contributed by atoms with Gasteiger partial charge in [-0.25, -0.2) is 4.68 Å². The summed E-state index contributed by atoms with van der Waals surface area (Å²) < 4.78 is 5.17. The minimum absolute atomic E-state index is 0.0638. The fourth-order valence-electron chi connectivity index (χ4n) is 3.57. The molecule has 0 fully saturated rings. The molecule has 0 saturated heterocycles. The van der Waals surface area contributed by atoms with E-state index in [1.807, 2.05) is 42.7 Å². The van der Waals surface area contributed by atoms with Crippen molar-refractivity contribution in [1.29, 1.82) is 0 Å². The van der Waals surface area contributed by atoms with Crippen molar-refractivity contribution in [1.82, 2.24) is 24.1 Å². The molecule has 148 valence electrons. The molecular formula is C20H20N6O3. The Kier molecular flexibility index (Phi) is 4.30. The second-order valence-electron chi connectivity index (χ2n) is 7.26. The first-order valence-corrected chi connectivity index (χ1v) is 9.16. The molecule has 29 heavy (non-hydrogen) atoms. The largest absolute Gasteiger partial charge is 0.311 e. The minimum Gasteiger partial charge on any atom is -0.311 e. The van der Waals surface area contributed by atoms with Gasteiger partial charge in [-0.2, -0.15) is 0 Å². The summed E-state index contributed by atoms with van der Waals surface area (Å²) in [6.07, 6.45) is 1.68. The van der Waals surface area contributed by atoms with Crippen LogP contribution in [0.4, 0.5) is 5.69 Å². The number of fused-ring (bicyclic) bond motifs is 1. The molecule has 0 atom stereocenters. The van der Waals surface area contributed by atoms with Gasteiger partial charge in [0.2, 0.25) is 0 Å². The monoisotopic (exact) mass is 392 g/mol. The standard InChI is InChI=1S/C20H20N6O3/c1-12(2)24-11-21-22-19(24)14-6-5-7-15(9-14)25-20(27)16-10-17(26(28)29)13(3)8-18(16)23(25)4/h5-12H,1-4H3. The van der Waals surface area contributed by atoms with E-state index >= 15 is 0 Å². The summed E-state index contributed by atoms with van der Waals surface area (Å²) >= 11 is 0. The van der Waals surface area contributed by atoms with Gasteiger partial charge >= 0.3 is 0 Å². The highest BCUT2D eigenvalue weighted by molar-refractivity contribution is 5.83. The Morgan fingerprint density at radius 2 is 1.93 bits per heavy atom. The van der Waals surface area contributed by atoms with Crippen LogP contribution >= 0.6 is 0 Å². The van der Waals surface area contributed by atoms with Gasteiger partial charge in [0.15, 0.2) is 5.82 Å². The first-order chi connectivity index (χ1) is 13.8. The van der Waals surface area contributed by atoms with E-state index in [1.165, 1.54) is 10.7 Å². The van der Waals surface area contributed by atoms with Gasteiger partial charge in [0.05, 0.1) is 21.5 Å². The van der Waals surface area contributed by atoms with Gasteiger partial charge in [0.1, 0.15) is 6.33 Å². The average Bonchev–Trinajstić information content (AvgIpc) is 3.25. The lowest BCUT2D eigenvalue weighted by atomic mass is 10.1. The van der Waals surface area contributed by atoms with E-state index in [9.17, 15) is 14.9 Å². The summed E-state index contributed by atoms with van der Waals surface area (Å²) in [4.78, 5) is 23.9. The first-order valence-electron chi connectivity index (χ1n) is 9.16. The topological polar surface area (TPSA) is 101 Å². The van der Waals surface area contributed by atoms with Crippen LogP contribution in [-0.2, 0) is 7.05 Å². The average molecular weight is 392 g/mol. The van der Waals surface area contributed by atoms with Crippen molar-refractivity contribution < 1.29 is 4.92 Å². The molecule has 9 nitrogen and oxygen atoms in total. The van der Waals surface area contributed by atoms with Crippen LogP contribution in [0.1, 0.15) is 25.5 Å². The molecule has 0 aliphatic heterocycles. The minimum atomic E-state index is -0.467. The van der Waals surface area contributed by atoms with Crippen LogP contribution in [0.5, 0.6) is 0 Å². The summed E-state index contributed by atoms with van der Waals surface area (Å²) in [7, 11) is 1.76. The van der Waals surface area contributed by atoms with Gasteiger partial charge < -0.3 is 4.57 Å². The third kappa shape index (κ3) is 2.91. The van der Waals surface area contributed by atoms with Crippen molar-refractivity contribution in [2.24, 2.45) is 7.05 Å². The summed E-state index contributed by atoms with van der Waals surface area (Å²) in [6, 6.07) is 10.7. The molecule has 0 aliphatic rings. The first kappa shape index (κ1) is 18.6. The molecule has 0 bridgehead atoms. The second kappa shape index (κ2) is 6.69. The molecule has 0 saturated carbocycles. The van der Waals surface area contributed by atoms with Gasteiger partial charge in [-0.05, 0) is 39.0 Å². The van der Waals surface area contributed by atoms with Gasteiger partial charge in [0.25, 0.3) is 11.2 Å². The van der Waals surface area contributed by atoms with E-state index in [-0.39, 0.29) is 17.3 Å². The molecule has 2 aromatic heterocycles. The van der Waals surface area contributed by atoms with Crippen LogP contribution in [0.3, 0.4) is 0 Å². The van der Waals surface area contributed by atoms with Crippen LogP contribution in [0.25, 0.3) is 28.0 Å². The number of benzene rings is 2. The van der Waals surface area contributed by atoms with E-state index in [1.54, 1.807) is 31.0 Å². The highest BCUT2D eigenvalue weighted by atomic mass is 16.6. The highest BCUT2D eigenvalue weighted by Gasteiger charge is 2.19. The van der Waals surface area contributed by atoms with Gasteiger partial charge in [-0.1, -0.05) is 12.1 Å². The molecule has 2 aromatic carbocycles. The summed E-state index contributed by atoms with van der Waals surface area (Å²) in [5.74, 6) is 0.708. The van der Waals surface area contributed by atoms with Crippen molar-refractivity contribution in [2.75, 3.05) is 0 Å². The molecule has 0 radical (unpaired) electrons. The lowest BCUT2D eigenvalue weighted by Gasteiger charge is -2.12. The van der Waals surface area contributed by atoms with Crippen LogP contribution < -0.4 is 5.56 Å². The fraction of sp³-hybridized carbons (Fsp3) is 0.250. The molecule has 4 aromatic rings. The van der Waals surface area contributed by atoms with Crippen molar-refractivity contribution in [3.8, 4) is 17.1 Å². The molecule has 0 spiro atoms. The molecule has 0 amide bonds. The number of nitro groups is 1. The lowest BCUT2D eigenvalue weighted by molar-refractivity contribution is -0.385. The third-order valence-electron chi connectivity index (χ3n) is 5.06. The molecule has 0 aliphatic carbocycles. The Morgan fingerprint density at radius 3 is 2.62 bits per heavy atom. The predicted octanol–water partition coefficient (Wildman–Crippen LogP) is 3.39. The van der Waals surface area contributed by atoms with E-state index in [0.717, 1.165) is 5.56 Å². The second-order valence-corrected chi connectivity index (χ2v) is 7.26. The Labute approximate surface area is 166 Å². The number of nitro benzene ring substituents is 1. The van der Waals surface area contributed by atoms with Crippen molar-refractivity contribution in [3.05, 3.63) is 68.8 Å². The number of hydrogen-bond acceptors (Lipinski definition) is 5. The number of nitrogens with zero attached hydrogens (tertiary/aromatic N) is 6. The molecule has 0 N–H and O–H groups in total. The lowest BCUT2D eigenvalue weighted by Crippen LogP contribution is -2.19. The normalized spacial score (nSPS) is 11.5. The Hall–Kier alpha value is -3.75. The molecular weight excluding hydrogens is 372 g/mol. The van der Waals surface area contributed by atoms with Crippen LogP contribution in [0.2, 0.25) is 0 Å². The highest BCUT2D eigenvalue weighted by Crippen LogP contribution is 2.26. The predicted molar refractivity (Wildman–Crippen MR) is 109 cm³/mol. The number of hydrogen-bond donors (Lipinski definition) is 0. The van der Waals surface area contributed by atoms with Gasteiger partial charge in [-0.15, -0.1) is 10.2 Å². The van der Waals surface area contributed by atoms with E-state index in [0.29, 0.717) is 28.0 Å². The molecule has 9 heteroatoms. The summed E-state index contributed by atoms with van der Waals surface area (Å²) in [5, 5.41) is 19.8. The Morgan fingerprint density at radius 1 is 1.17 bits per heavy atom. The van der Waals surface area contributed by atoms with Gasteiger partial charge in [0, 0.05) is 30.3 Å². The van der Waals surface area contributed by atoms with Crippen molar-refractivity contribution in [2.45, 2.75) is 26.8 Å². The zero-order valence-electron chi connectivity index (χ0n) is 16.5. The summed E-state index contributed by atoms with van der Waals surface area (Å²) in [6.45, 7) is 5.75. The van der Waals surface area contributed by atoms with Crippen molar-refractivity contribution in [3.63, 3.8) is 0 Å². The maximum absolute atomic E-state index is 13.1. The zero-order chi connectivity index (χ0) is 20.9. The van der Waals surface area contributed by atoms with Crippen LogP contribution in [0, 0.1) is 17.0 Å². The van der Waals surface area contributed by atoms with E-state index in [4.69, 9.17) is 0 Å². The van der Waals surface area contributed by atoms with Crippen LogP contribution in [-0.4, -0.2) is 29.1 Å². The molecule has 4 rings (SSSR count). The van der Waals surface area contributed by atoms with Crippen molar-refractivity contribution >= 4 is 16.6 Å². The number of aryl methyl sites for hydroxylation is 2. The number of rotatable bonds is 4. The Balaban J connectivity index is 1.93. The Bertz CT molecular complexity index is 1310. The SMILES string of the molecule is Cc1cc2c(cc1[N+](=O)[O-])c(=O)n(-c1cccc(-c3nncn3C(C)C)c1)n2C. The smallest absolute Gasteiger partial charge is 0.279 e. The van der Waals surface area contributed by atoms with E-state index in [2.05, 4.69) is 10.2 Å². The third-order valence-corrected chi connectivity index (χ3v) is 5.06. The summed E-state index contributed by atoms with van der Waals surface area (Å²) in [5.41, 5.74) is 2.24. The van der Waals surface area contributed by atoms with E-state index < -0.39 is 4.92 Å². The molecule has 2 heterocycles. The zero-order valence-corrected chi connectivity index (χ0v) is 16.5. The van der Waals surface area contributed by atoms with Crippen LogP contribution in [0.15, 0.2) is 47.5 Å². The maximum Gasteiger partial charge on any atom is 0.279 e. The fourth-order valence-corrected chi connectivity index (χ4v) is 3.57. The quantitative estimate of drug-likeness (QED) is 0.391. The maximum atomic E-state index is 13.1.